The smallest absolute Gasteiger partial charge is 0.178 e. The summed E-state index contributed by atoms with van der Waals surface area (Å²) in [6.07, 6.45) is 4.84. The van der Waals surface area contributed by atoms with E-state index in [0.29, 0.717) is 23.1 Å². The van der Waals surface area contributed by atoms with Gasteiger partial charge in [0.1, 0.15) is 0 Å². The highest BCUT2D eigenvalue weighted by atomic mass is 32.2. The largest absolute Gasteiger partial charge is 0.493 e. The SMILES string of the molecule is CCS(=O)(=O)c1cc(OC)c(OC)c(-c2ccc(CN3CCCCC[C@@H]3c3ccccc3)[nH]2)c1. The van der Waals surface area contributed by atoms with E-state index < -0.39 is 9.84 Å². The van der Waals surface area contributed by atoms with Gasteiger partial charge in [0.15, 0.2) is 21.3 Å². The number of aromatic amines is 1. The molecule has 0 unspecified atom stereocenters. The van der Waals surface area contributed by atoms with Crippen molar-refractivity contribution < 1.29 is 17.9 Å². The molecule has 6 nitrogen and oxygen atoms in total. The molecule has 7 heteroatoms. The average Bonchev–Trinajstić information content (AvgIpc) is 3.21. The predicted octanol–water partition coefficient (Wildman–Crippen LogP) is 5.61. The minimum Gasteiger partial charge on any atom is -0.493 e. The molecule has 1 fully saturated rings. The van der Waals surface area contributed by atoms with E-state index in [0.717, 1.165) is 30.9 Å². The number of aromatic nitrogens is 1. The Morgan fingerprint density at radius 1 is 1.00 bits per heavy atom. The van der Waals surface area contributed by atoms with Gasteiger partial charge in [-0.1, -0.05) is 50.1 Å². The van der Waals surface area contributed by atoms with Gasteiger partial charge in [0.05, 0.1) is 24.9 Å². The van der Waals surface area contributed by atoms with Crippen molar-refractivity contribution in [1.82, 2.24) is 9.88 Å². The molecule has 0 aliphatic carbocycles. The van der Waals surface area contributed by atoms with E-state index in [4.69, 9.17) is 9.47 Å². The fraction of sp³-hybridized carbons (Fsp3) is 0.407. The van der Waals surface area contributed by atoms with Crippen molar-refractivity contribution in [2.75, 3.05) is 26.5 Å². The lowest BCUT2D eigenvalue weighted by atomic mass is 10.0. The number of benzene rings is 2. The third-order valence-electron chi connectivity index (χ3n) is 6.65. The number of sulfone groups is 1. The number of hydrogen-bond donors (Lipinski definition) is 1. The molecule has 2 heterocycles. The fourth-order valence-corrected chi connectivity index (χ4v) is 5.72. The molecule has 1 saturated heterocycles. The van der Waals surface area contributed by atoms with Crippen LogP contribution in [0.15, 0.2) is 59.5 Å². The van der Waals surface area contributed by atoms with Crippen molar-refractivity contribution >= 4 is 9.84 Å². The van der Waals surface area contributed by atoms with Crippen molar-refractivity contribution in [2.24, 2.45) is 0 Å². The Kier molecular flexibility index (Phi) is 7.63. The van der Waals surface area contributed by atoms with Crippen LogP contribution in [0, 0.1) is 0 Å². The topological polar surface area (TPSA) is 71.6 Å². The third kappa shape index (κ3) is 5.15. The highest BCUT2D eigenvalue weighted by molar-refractivity contribution is 7.91. The molecule has 0 amide bonds. The summed E-state index contributed by atoms with van der Waals surface area (Å²) in [5.74, 6) is 0.941. The maximum Gasteiger partial charge on any atom is 0.178 e. The summed E-state index contributed by atoms with van der Waals surface area (Å²) in [5.41, 5.74) is 3.93. The molecule has 0 bridgehead atoms. The molecule has 0 radical (unpaired) electrons. The van der Waals surface area contributed by atoms with Crippen LogP contribution in [-0.4, -0.2) is 44.8 Å². The molecule has 1 N–H and O–H groups in total. The minimum absolute atomic E-state index is 0.0216. The van der Waals surface area contributed by atoms with Crippen LogP contribution in [0.4, 0.5) is 0 Å². The molecule has 4 rings (SSSR count). The summed E-state index contributed by atoms with van der Waals surface area (Å²) in [6.45, 7) is 3.49. The van der Waals surface area contributed by atoms with Gasteiger partial charge in [0.25, 0.3) is 0 Å². The second kappa shape index (κ2) is 10.7. The molecule has 2 aromatic carbocycles. The standard InChI is InChI=1S/C27H34N2O4S/c1-4-34(30,31)22-17-23(27(33-3)26(18-22)32-2)24-15-14-21(28-24)19-29-16-10-6-9-13-25(29)20-11-7-5-8-12-20/h5,7-8,11-12,14-15,17-18,25,28H,4,6,9-10,13,16,19H2,1-3H3/t25-/m1/s1. The molecule has 1 aliphatic rings. The fourth-order valence-electron chi connectivity index (χ4n) is 4.80. The van der Waals surface area contributed by atoms with Gasteiger partial charge in [-0.15, -0.1) is 0 Å². The number of methoxy groups -OCH3 is 2. The summed E-state index contributed by atoms with van der Waals surface area (Å²) in [5, 5.41) is 0. The normalized spacial score (nSPS) is 17.3. The Morgan fingerprint density at radius 3 is 2.50 bits per heavy atom. The van der Waals surface area contributed by atoms with Crippen molar-refractivity contribution in [3.05, 3.63) is 65.9 Å². The number of nitrogens with one attached hydrogen (secondary N) is 1. The van der Waals surface area contributed by atoms with E-state index in [1.165, 1.54) is 38.0 Å². The Morgan fingerprint density at radius 2 is 1.79 bits per heavy atom. The third-order valence-corrected chi connectivity index (χ3v) is 8.36. The number of likely N-dealkylation sites (tertiary alicyclic amines) is 1. The number of nitrogens with zero attached hydrogens (tertiary/aromatic N) is 1. The molecule has 3 aromatic rings. The van der Waals surface area contributed by atoms with E-state index in [2.05, 4.69) is 46.3 Å². The number of H-pyrrole nitrogens is 1. The van der Waals surface area contributed by atoms with E-state index in [1.807, 2.05) is 6.07 Å². The van der Waals surface area contributed by atoms with Crippen LogP contribution >= 0.6 is 0 Å². The zero-order valence-corrected chi connectivity index (χ0v) is 21.0. The molecule has 0 saturated carbocycles. The maximum absolute atomic E-state index is 12.6. The van der Waals surface area contributed by atoms with Crippen LogP contribution in [-0.2, 0) is 16.4 Å². The quantitative estimate of drug-likeness (QED) is 0.452. The number of rotatable bonds is 8. The molecule has 1 aliphatic heterocycles. The van der Waals surface area contributed by atoms with Gasteiger partial charge in [0, 0.05) is 35.6 Å². The van der Waals surface area contributed by atoms with Gasteiger partial charge in [-0.2, -0.15) is 0 Å². The molecular weight excluding hydrogens is 448 g/mol. The van der Waals surface area contributed by atoms with Gasteiger partial charge >= 0.3 is 0 Å². The van der Waals surface area contributed by atoms with Gasteiger partial charge in [-0.05, 0) is 43.1 Å². The van der Waals surface area contributed by atoms with Crippen LogP contribution in [0.5, 0.6) is 11.5 Å². The molecule has 0 spiro atoms. The summed E-state index contributed by atoms with van der Waals surface area (Å²) >= 11 is 0. The van der Waals surface area contributed by atoms with Crippen LogP contribution in [0.2, 0.25) is 0 Å². The first-order valence-electron chi connectivity index (χ1n) is 11.9. The Bertz CT molecular complexity index is 1200. The molecular formula is C27H34N2O4S. The Hall–Kier alpha value is -2.77. The average molecular weight is 483 g/mol. The number of hydrogen-bond acceptors (Lipinski definition) is 5. The lowest BCUT2D eigenvalue weighted by molar-refractivity contribution is 0.190. The summed E-state index contributed by atoms with van der Waals surface area (Å²) in [6, 6.07) is 18.4. The van der Waals surface area contributed by atoms with Crippen molar-refractivity contribution in [3.8, 4) is 22.8 Å². The predicted molar refractivity (Wildman–Crippen MR) is 135 cm³/mol. The van der Waals surface area contributed by atoms with Crippen LogP contribution in [0.3, 0.4) is 0 Å². The van der Waals surface area contributed by atoms with E-state index in [-0.39, 0.29) is 10.6 Å². The van der Waals surface area contributed by atoms with Crippen molar-refractivity contribution in [3.63, 3.8) is 0 Å². The van der Waals surface area contributed by atoms with Gasteiger partial charge in [0.2, 0.25) is 0 Å². The highest BCUT2D eigenvalue weighted by Crippen LogP contribution is 2.40. The summed E-state index contributed by atoms with van der Waals surface area (Å²) in [4.78, 5) is 6.30. The van der Waals surface area contributed by atoms with Crippen molar-refractivity contribution in [2.45, 2.75) is 50.1 Å². The van der Waals surface area contributed by atoms with Crippen molar-refractivity contribution in [1.29, 1.82) is 0 Å². The van der Waals surface area contributed by atoms with Crippen LogP contribution in [0.1, 0.15) is 49.9 Å². The van der Waals surface area contributed by atoms with E-state index in [9.17, 15) is 8.42 Å². The second-order valence-corrected chi connectivity index (χ2v) is 11.0. The van der Waals surface area contributed by atoms with Gasteiger partial charge in [-0.25, -0.2) is 8.42 Å². The van der Waals surface area contributed by atoms with E-state index in [1.54, 1.807) is 20.1 Å². The van der Waals surface area contributed by atoms with E-state index >= 15 is 0 Å². The number of ether oxygens (including phenoxy) is 2. The maximum atomic E-state index is 12.6. The monoisotopic (exact) mass is 482 g/mol. The van der Waals surface area contributed by atoms with Crippen LogP contribution in [0.25, 0.3) is 11.3 Å². The molecule has 182 valence electrons. The molecule has 1 atom stereocenters. The molecule has 1 aromatic heterocycles. The summed E-state index contributed by atoms with van der Waals surface area (Å²) in [7, 11) is -0.310. The zero-order valence-electron chi connectivity index (χ0n) is 20.2. The first-order valence-corrected chi connectivity index (χ1v) is 13.6. The second-order valence-electron chi connectivity index (χ2n) is 8.75. The summed E-state index contributed by atoms with van der Waals surface area (Å²) < 4.78 is 36.3. The molecule has 34 heavy (non-hydrogen) atoms. The zero-order chi connectivity index (χ0) is 24.1. The lowest BCUT2D eigenvalue weighted by Crippen LogP contribution is -2.28. The lowest BCUT2D eigenvalue weighted by Gasteiger charge is -2.30. The highest BCUT2D eigenvalue weighted by Gasteiger charge is 2.24. The minimum atomic E-state index is -3.40. The Balaban J connectivity index is 1.67. The first-order chi connectivity index (χ1) is 16.5. The Labute approximate surface area is 202 Å². The first kappa shape index (κ1) is 24.4. The van der Waals surface area contributed by atoms with Crippen LogP contribution < -0.4 is 9.47 Å². The van der Waals surface area contributed by atoms with Gasteiger partial charge < -0.3 is 14.5 Å². The van der Waals surface area contributed by atoms with Gasteiger partial charge in [-0.3, -0.25) is 4.90 Å².